The molecule has 0 aliphatic rings. The lowest BCUT2D eigenvalue weighted by molar-refractivity contribution is 0.110. The first-order valence-corrected chi connectivity index (χ1v) is 7.52. The number of hydrogen-bond donors (Lipinski definition) is 0. The van der Waals surface area contributed by atoms with Crippen molar-refractivity contribution in [2.75, 3.05) is 19.8 Å². The van der Waals surface area contributed by atoms with Crippen molar-refractivity contribution in [2.45, 2.75) is 18.7 Å². The molecule has 1 rings (SSSR count). The molecule has 17 heavy (non-hydrogen) atoms. The summed E-state index contributed by atoms with van der Waals surface area (Å²) in [5.41, 5.74) is 0.725. The minimum Gasteiger partial charge on any atom is -0.491 e. The smallest absolute Gasteiger partial charge is 0.261 e. The Labute approximate surface area is 106 Å². The van der Waals surface area contributed by atoms with Crippen molar-refractivity contribution in [1.29, 1.82) is 0 Å². The van der Waals surface area contributed by atoms with Crippen LogP contribution in [0.5, 0.6) is 5.75 Å². The number of rotatable bonds is 6. The Kier molecular flexibility index (Phi) is 5.24. The fourth-order valence-corrected chi connectivity index (χ4v) is 2.13. The van der Waals surface area contributed by atoms with Gasteiger partial charge < -0.3 is 9.47 Å². The molecule has 0 bridgehead atoms. The number of halogens is 1. The molecule has 6 heteroatoms. The molecule has 0 amide bonds. The van der Waals surface area contributed by atoms with E-state index in [4.69, 9.17) is 20.2 Å². The van der Waals surface area contributed by atoms with E-state index in [9.17, 15) is 8.42 Å². The second-order valence-electron chi connectivity index (χ2n) is 3.41. The molecular weight excluding hydrogens is 264 g/mol. The van der Waals surface area contributed by atoms with Gasteiger partial charge in [0.25, 0.3) is 9.05 Å². The van der Waals surface area contributed by atoms with E-state index >= 15 is 0 Å². The highest BCUT2D eigenvalue weighted by Gasteiger charge is 2.11. The van der Waals surface area contributed by atoms with E-state index in [0.717, 1.165) is 5.56 Å². The van der Waals surface area contributed by atoms with Gasteiger partial charge in [0, 0.05) is 17.3 Å². The number of hydrogen-bond acceptors (Lipinski definition) is 4. The summed E-state index contributed by atoms with van der Waals surface area (Å²) in [6, 6.07) is 4.50. The summed E-state index contributed by atoms with van der Waals surface area (Å²) in [6.45, 7) is 5.26. The van der Waals surface area contributed by atoms with Gasteiger partial charge in [0.05, 0.1) is 11.5 Å². The van der Waals surface area contributed by atoms with Crippen molar-refractivity contribution in [3.05, 3.63) is 23.8 Å². The second-order valence-corrected chi connectivity index (χ2v) is 5.98. The molecule has 0 heterocycles. The Hall–Kier alpha value is -0.780. The second kappa shape index (κ2) is 6.23. The third-order valence-corrected chi connectivity index (χ3v) is 3.47. The third-order valence-electron chi connectivity index (χ3n) is 2.12. The molecule has 0 unspecified atom stereocenters. The predicted octanol–water partition coefficient (Wildman–Crippen LogP) is 2.34. The maximum atomic E-state index is 11.1. The van der Waals surface area contributed by atoms with Crippen molar-refractivity contribution < 1.29 is 17.9 Å². The van der Waals surface area contributed by atoms with Crippen LogP contribution in [0.25, 0.3) is 0 Å². The van der Waals surface area contributed by atoms with Crippen molar-refractivity contribution in [3.8, 4) is 5.75 Å². The van der Waals surface area contributed by atoms with Crippen LogP contribution in [0.3, 0.4) is 0 Å². The first-order chi connectivity index (χ1) is 7.95. The fourth-order valence-electron chi connectivity index (χ4n) is 1.29. The molecule has 0 aliphatic heterocycles. The molecule has 0 saturated carbocycles. The Bertz CT molecular complexity index is 470. The monoisotopic (exact) mass is 278 g/mol. The van der Waals surface area contributed by atoms with E-state index in [2.05, 4.69) is 0 Å². The molecule has 0 aromatic heterocycles. The van der Waals surface area contributed by atoms with Gasteiger partial charge in [-0.15, -0.1) is 0 Å². The van der Waals surface area contributed by atoms with Crippen molar-refractivity contribution in [1.82, 2.24) is 0 Å². The van der Waals surface area contributed by atoms with E-state index < -0.39 is 9.05 Å². The van der Waals surface area contributed by atoms with Crippen LogP contribution in [0.15, 0.2) is 23.1 Å². The molecule has 96 valence electrons. The molecule has 0 spiro atoms. The van der Waals surface area contributed by atoms with Crippen molar-refractivity contribution >= 4 is 19.7 Å². The van der Waals surface area contributed by atoms with Crippen LogP contribution in [0, 0.1) is 6.92 Å². The highest BCUT2D eigenvalue weighted by atomic mass is 35.7. The SMILES string of the molecule is CCOCCOc1ccc(S(=O)(=O)Cl)cc1C. The van der Waals surface area contributed by atoms with E-state index in [1.165, 1.54) is 12.1 Å². The lowest BCUT2D eigenvalue weighted by Crippen LogP contribution is -2.07. The van der Waals surface area contributed by atoms with Crippen LogP contribution >= 0.6 is 10.7 Å². The molecule has 0 atom stereocenters. The van der Waals surface area contributed by atoms with Gasteiger partial charge in [0.15, 0.2) is 0 Å². The predicted molar refractivity (Wildman–Crippen MR) is 66.2 cm³/mol. The summed E-state index contributed by atoms with van der Waals surface area (Å²) >= 11 is 0. The Balaban J connectivity index is 2.70. The summed E-state index contributed by atoms with van der Waals surface area (Å²) < 4.78 is 32.8. The molecule has 1 aromatic carbocycles. The van der Waals surface area contributed by atoms with Gasteiger partial charge in [0.2, 0.25) is 0 Å². The van der Waals surface area contributed by atoms with Gasteiger partial charge in [-0.05, 0) is 37.6 Å². The maximum Gasteiger partial charge on any atom is 0.261 e. The van der Waals surface area contributed by atoms with E-state index in [1.54, 1.807) is 13.0 Å². The molecule has 0 aliphatic carbocycles. The quantitative estimate of drug-likeness (QED) is 0.592. The average Bonchev–Trinajstić information content (AvgIpc) is 2.24. The molecule has 0 radical (unpaired) electrons. The van der Waals surface area contributed by atoms with E-state index in [0.29, 0.717) is 25.6 Å². The normalized spacial score (nSPS) is 11.5. The average molecular weight is 279 g/mol. The summed E-state index contributed by atoms with van der Waals surface area (Å²) in [4.78, 5) is 0.0776. The molecule has 0 fully saturated rings. The van der Waals surface area contributed by atoms with Crippen LogP contribution in [-0.2, 0) is 13.8 Å². The largest absolute Gasteiger partial charge is 0.491 e. The van der Waals surface area contributed by atoms with Crippen LogP contribution < -0.4 is 4.74 Å². The summed E-state index contributed by atoms with van der Waals surface area (Å²) in [7, 11) is 1.56. The third kappa shape index (κ3) is 4.53. The van der Waals surface area contributed by atoms with Gasteiger partial charge in [-0.1, -0.05) is 0 Å². The number of ether oxygens (including phenoxy) is 2. The molecule has 4 nitrogen and oxygen atoms in total. The molecule has 1 aromatic rings. The van der Waals surface area contributed by atoms with E-state index in [-0.39, 0.29) is 4.90 Å². The Morgan fingerprint density at radius 1 is 1.29 bits per heavy atom. The lowest BCUT2D eigenvalue weighted by atomic mass is 10.2. The first kappa shape index (κ1) is 14.3. The van der Waals surface area contributed by atoms with Crippen LogP contribution in [0.1, 0.15) is 12.5 Å². The van der Waals surface area contributed by atoms with Gasteiger partial charge in [-0.3, -0.25) is 0 Å². The number of benzene rings is 1. The van der Waals surface area contributed by atoms with Gasteiger partial charge in [0.1, 0.15) is 12.4 Å². The first-order valence-electron chi connectivity index (χ1n) is 5.21. The maximum absolute atomic E-state index is 11.1. The van der Waals surface area contributed by atoms with Gasteiger partial charge in [-0.25, -0.2) is 8.42 Å². The Morgan fingerprint density at radius 2 is 2.00 bits per heavy atom. The fraction of sp³-hybridized carbons (Fsp3) is 0.455. The standard InChI is InChI=1S/C11H15ClO4S/c1-3-15-6-7-16-11-5-4-10(8-9(11)2)17(12,13)14/h4-5,8H,3,6-7H2,1-2H3. The van der Waals surface area contributed by atoms with Crippen LogP contribution in [-0.4, -0.2) is 28.2 Å². The van der Waals surface area contributed by atoms with Crippen molar-refractivity contribution in [2.24, 2.45) is 0 Å². The lowest BCUT2D eigenvalue weighted by Gasteiger charge is -2.09. The van der Waals surface area contributed by atoms with Gasteiger partial charge >= 0.3 is 0 Å². The topological polar surface area (TPSA) is 52.6 Å². The van der Waals surface area contributed by atoms with Crippen molar-refractivity contribution in [3.63, 3.8) is 0 Å². The zero-order chi connectivity index (χ0) is 12.9. The summed E-state index contributed by atoms with van der Waals surface area (Å²) in [5.74, 6) is 0.633. The number of aryl methyl sites for hydroxylation is 1. The highest BCUT2D eigenvalue weighted by Crippen LogP contribution is 2.23. The molecular formula is C11H15ClO4S. The zero-order valence-electron chi connectivity index (χ0n) is 9.77. The summed E-state index contributed by atoms with van der Waals surface area (Å²) in [5, 5.41) is 0. The van der Waals surface area contributed by atoms with E-state index in [1.807, 2.05) is 6.92 Å². The highest BCUT2D eigenvalue weighted by molar-refractivity contribution is 8.13. The minimum absolute atomic E-state index is 0.0776. The zero-order valence-corrected chi connectivity index (χ0v) is 11.3. The van der Waals surface area contributed by atoms with Gasteiger partial charge in [-0.2, -0.15) is 0 Å². The minimum atomic E-state index is -3.68. The molecule has 0 saturated heterocycles. The van der Waals surface area contributed by atoms with Crippen LogP contribution in [0.2, 0.25) is 0 Å². The summed E-state index contributed by atoms with van der Waals surface area (Å²) in [6.07, 6.45) is 0. The Morgan fingerprint density at radius 3 is 2.53 bits per heavy atom. The molecule has 0 N–H and O–H groups in total. The van der Waals surface area contributed by atoms with Crippen LogP contribution in [0.4, 0.5) is 0 Å².